The van der Waals surface area contributed by atoms with Crippen LogP contribution in [0.4, 0.5) is 15.9 Å². The molecular weight excluding hydrogens is 321 g/mol. The van der Waals surface area contributed by atoms with E-state index in [9.17, 15) is 9.18 Å². The molecule has 0 atom stereocenters. The van der Waals surface area contributed by atoms with Crippen molar-refractivity contribution in [2.75, 3.05) is 42.5 Å². The van der Waals surface area contributed by atoms with Crippen molar-refractivity contribution in [3.8, 4) is 0 Å². The first kappa shape index (κ1) is 17.1. The normalized spacial score (nSPS) is 14.5. The van der Waals surface area contributed by atoms with Crippen molar-refractivity contribution in [1.29, 1.82) is 0 Å². The number of amides is 1. The Kier molecular flexibility index (Phi) is 5.42. The Balaban J connectivity index is 1.65. The van der Waals surface area contributed by atoms with Crippen molar-refractivity contribution in [3.05, 3.63) is 48.2 Å². The molecule has 3 rings (SSSR count). The third-order valence-electron chi connectivity index (χ3n) is 4.22. The maximum atomic E-state index is 13.9. The number of aromatic nitrogens is 2. The Morgan fingerprint density at radius 3 is 2.60 bits per heavy atom. The third kappa shape index (κ3) is 4.04. The zero-order chi connectivity index (χ0) is 17.6. The summed E-state index contributed by atoms with van der Waals surface area (Å²) in [5, 5.41) is 2.82. The van der Waals surface area contributed by atoms with Crippen LogP contribution in [0.25, 0.3) is 0 Å². The molecule has 1 N–H and O–H groups in total. The predicted molar refractivity (Wildman–Crippen MR) is 95.5 cm³/mol. The molecule has 2 heterocycles. The number of anilines is 2. The SMILES string of the molecule is CCCNC(=O)c1cc(N2CCN(c3ccccc3F)CC2)ncn1. The molecule has 1 fully saturated rings. The summed E-state index contributed by atoms with van der Waals surface area (Å²) in [4.78, 5) is 24.5. The van der Waals surface area contributed by atoms with E-state index < -0.39 is 0 Å². The van der Waals surface area contributed by atoms with Gasteiger partial charge in [0.1, 0.15) is 23.7 Å². The first-order valence-electron chi connectivity index (χ1n) is 8.53. The molecule has 1 aromatic heterocycles. The molecule has 7 heteroatoms. The van der Waals surface area contributed by atoms with Crippen LogP contribution in [-0.4, -0.2) is 48.6 Å². The number of hydrogen-bond acceptors (Lipinski definition) is 5. The predicted octanol–water partition coefficient (Wildman–Crippen LogP) is 2.08. The largest absolute Gasteiger partial charge is 0.366 e. The summed E-state index contributed by atoms with van der Waals surface area (Å²) in [6.07, 6.45) is 2.29. The summed E-state index contributed by atoms with van der Waals surface area (Å²) >= 11 is 0. The lowest BCUT2D eigenvalue weighted by atomic mass is 10.2. The molecule has 1 saturated heterocycles. The maximum Gasteiger partial charge on any atom is 0.270 e. The van der Waals surface area contributed by atoms with Gasteiger partial charge in [-0.3, -0.25) is 4.79 Å². The van der Waals surface area contributed by atoms with Crippen molar-refractivity contribution in [3.63, 3.8) is 0 Å². The van der Waals surface area contributed by atoms with Crippen LogP contribution in [0.3, 0.4) is 0 Å². The Morgan fingerprint density at radius 1 is 1.16 bits per heavy atom. The summed E-state index contributed by atoms with van der Waals surface area (Å²) in [6.45, 7) is 5.44. The highest BCUT2D eigenvalue weighted by Crippen LogP contribution is 2.22. The molecule has 0 unspecified atom stereocenters. The molecule has 132 valence electrons. The first-order chi connectivity index (χ1) is 12.2. The number of benzene rings is 1. The number of carbonyl (C=O) groups is 1. The standard InChI is InChI=1S/C18H22FN5O/c1-2-7-20-18(25)15-12-17(22-13-21-15)24-10-8-23(9-11-24)16-6-4-3-5-14(16)19/h3-6,12-13H,2,7-11H2,1H3,(H,20,25). The van der Waals surface area contributed by atoms with E-state index in [1.165, 1.54) is 12.4 Å². The van der Waals surface area contributed by atoms with Crippen molar-refractivity contribution in [2.24, 2.45) is 0 Å². The number of piperazine rings is 1. The van der Waals surface area contributed by atoms with Gasteiger partial charge in [-0.1, -0.05) is 19.1 Å². The van der Waals surface area contributed by atoms with Gasteiger partial charge in [0.25, 0.3) is 5.91 Å². The maximum absolute atomic E-state index is 13.9. The van der Waals surface area contributed by atoms with Gasteiger partial charge in [-0.15, -0.1) is 0 Å². The number of carbonyl (C=O) groups excluding carboxylic acids is 1. The summed E-state index contributed by atoms with van der Waals surface area (Å²) in [7, 11) is 0. The fourth-order valence-electron chi connectivity index (χ4n) is 2.86. The van der Waals surface area contributed by atoms with Crippen LogP contribution < -0.4 is 15.1 Å². The summed E-state index contributed by atoms with van der Waals surface area (Å²) in [5.41, 5.74) is 0.999. The van der Waals surface area contributed by atoms with E-state index in [0.717, 1.165) is 12.2 Å². The number of nitrogens with zero attached hydrogens (tertiary/aromatic N) is 4. The Labute approximate surface area is 146 Å². The molecule has 0 radical (unpaired) electrons. The Morgan fingerprint density at radius 2 is 1.88 bits per heavy atom. The number of para-hydroxylation sites is 1. The average Bonchev–Trinajstić information content (AvgIpc) is 2.67. The molecule has 0 bridgehead atoms. The molecule has 1 aromatic carbocycles. The van der Waals surface area contributed by atoms with Crippen molar-refractivity contribution in [2.45, 2.75) is 13.3 Å². The fraction of sp³-hybridized carbons (Fsp3) is 0.389. The molecule has 2 aromatic rings. The van der Waals surface area contributed by atoms with Gasteiger partial charge < -0.3 is 15.1 Å². The monoisotopic (exact) mass is 343 g/mol. The zero-order valence-electron chi connectivity index (χ0n) is 14.3. The van der Waals surface area contributed by atoms with E-state index in [1.807, 2.05) is 17.9 Å². The van der Waals surface area contributed by atoms with Crippen LogP contribution >= 0.6 is 0 Å². The van der Waals surface area contributed by atoms with Gasteiger partial charge in [0.15, 0.2) is 0 Å². The second-order valence-electron chi connectivity index (χ2n) is 5.94. The molecule has 0 saturated carbocycles. The van der Waals surface area contributed by atoms with E-state index >= 15 is 0 Å². The highest BCUT2D eigenvalue weighted by molar-refractivity contribution is 5.92. The average molecular weight is 343 g/mol. The highest BCUT2D eigenvalue weighted by Gasteiger charge is 2.21. The van der Waals surface area contributed by atoms with Crippen LogP contribution in [0, 0.1) is 5.82 Å². The molecule has 6 nitrogen and oxygen atoms in total. The summed E-state index contributed by atoms with van der Waals surface area (Å²) in [5.74, 6) is 0.341. The van der Waals surface area contributed by atoms with E-state index in [4.69, 9.17) is 0 Å². The smallest absolute Gasteiger partial charge is 0.270 e. The van der Waals surface area contributed by atoms with Gasteiger partial charge >= 0.3 is 0 Å². The van der Waals surface area contributed by atoms with Crippen LogP contribution in [0.15, 0.2) is 36.7 Å². The number of halogens is 1. The zero-order valence-corrected chi connectivity index (χ0v) is 14.3. The molecule has 25 heavy (non-hydrogen) atoms. The second-order valence-corrected chi connectivity index (χ2v) is 5.94. The lowest BCUT2D eigenvalue weighted by Gasteiger charge is -2.36. The minimum absolute atomic E-state index is 0.185. The minimum Gasteiger partial charge on any atom is -0.366 e. The van der Waals surface area contributed by atoms with Gasteiger partial charge in [0.05, 0.1) is 5.69 Å². The second kappa shape index (κ2) is 7.92. The Hall–Kier alpha value is -2.70. The minimum atomic E-state index is -0.201. The quantitative estimate of drug-likeness (QED) is 0.901. The van der Waals surface area contributed by atoms with Gasteiger partial charge in [-0.25, -0.2) is 14.4 Å². The van der Waals surface area contributed by atoms with Gasteiger partial charge in [-0.05, 0) is 18.6 Å². The van der Waals surface area contributed by atoms with E-state index in [1.54, 1.807) is 18.2 Å². The van der Waals surface area contributed by atoms with E-state index in [0.29, 0.717) is 44.1 Å². The molecule has 0 aliphatic carbocycles. The Bertz CT molecular complexity index is 731. The van der Waals surface area contributed by atoms with Crippen LogP contribution in [0.1, 0.15) is 23.8 Å². The van der Waals surface area contributed by atoms with Gasteiger partial charge in [-0.2, -0.15) is 0 Å². The fourth-order valence-corrected chi connectivity index (χ4v) is 2.86. The number of nitrogens with one attached hydrogen (secondary N) is 1. The van der Waals surface area contributed by atoms with Crippen molar-refractivity contribution < 1.29 is 9.18 Å². The summed E-state index contributed by atoms with van der Waals surface area (Å²) < 4.78 is 13.9. The molecule has 1 amide bonds. The molecule has 1 aliphatic heterocycles. The van der Waals surface area contributed by atoms with Crippen molar-refractivity contribution >= 4 is 17.4 Å². The highest BCUT2D eigenvalue weighted by atomic mass is 19.1. The van der Waals surface area contributed by atoms with Gasteiger partial charge in [0.2, 0.25) is 0 Å². The number of rotatable bonds is 5. The molecule has 1 aliphatic rings. The summed E-state index contributed by atoms with van der Waals surface area (Å²) in [6, 6.07) is 8.53. The van der Waals surface area contributed by atoms with Crippen LogP contribution in [0.2, 0.25) is 0 Å². The van der Waals surface area contributed by atoms with Gasteiger partial charge in [0, 0.05) is 38.8 Å². The molecular formula is C18H22FN5O. The third-order valence-corrected chi connectivity index (χ3v) is 4.22. The van der Waals surface area contributed by atoms with E-state index in [2.05, 4.69) is 20.2 Å². The van der Waals surface area contributed by atoms with Crippen molar-refractivity contribution in [1.82, 2.24) is 15.3 Å². The topological polar surface area (TPSA) is 61.4 Å². The number of hydrogen-bond donors (Lipinski definition) is 1. The lowest BCUT2D eigenvalue weighted by Crippen LogP contribution is -2.47. The van der Waals surface area contributed by atoms with E-state index in [-0.39, 0.29) is 11.7 Å². The van der Waals surface area contributed by atoms with Crippen LogP contribution in [-0.2, 0) is 0 Å². The lowest BCUT2D eigenvalue weighted by molar-refractivity contribution is 0.0948. The van der Waals surface area contributed by atoms with Crippen LogP contribution in [0.5, 0.6) is 0 Å². The first-order valence-corrected chi connectivity index (χ1v) is 8.53. The molecule has 0 spiro atoms.